The molecule has 1 atom stereocenters. The minimum Gasteiger partial charge on any atom is -0.462 e. The van der Waals surface area contributed by atoms with Crippen LogP contribution in [-0.4, -0.2) is 37.2 Å². The maximum atomic E-state index is 12.7. The molecule has 0 saturated carbocycles. The predicted molar refractivity (Wildman–Crippen MR) is 233 cm³/mol. The molecule has 0 aromatic heterocycles. The normalized spacial score (nSPS) is 12.2. The summed E-state index contributed by atoms with van der Waals surface area (Å²) in [5.74, 6) is 1.56. The molecule has 0 rings (SSSR count). The molecule has 0 fully saturated rings. The van der Waals surface area contributed by atoms with Crippen molar-refractivity contribution >= 4 is 17.9 Å². The molecule has 6 heteroatoms. The van der Waals surface area contributed by atoms with E-state index in [-0.39, 0.29) is 31.1 Å². The van der Waals surface area contributed by atoms with E-state index < -0.39 is 6.10 Å². The van der Waals surface area contributed by atoms with Crippen LogP contribution >= 0.6 is 0 Å². The monoisotopic (exact) mass is 779 g/mol. The second-order valence-electron chi connectivity index (χ2n) is 18.2. The lowest BCUT2D eigenvalue weighted by Gasteiger charge is -2.18. The molecule has 0 saturated heterocycles. The molecule has 0 radical (unpaired) electrons. The molecule has 0 N–H and O–H groups in total. The molecule has 55 heavy (non-hydrogen) atoms. The zero-order valence-corrected chi connectivity index (χ0v) is 37.7. The maximum absolute atomic E-state index is 12.7. The molecule has 326 valence electrons. The van der Waals surface area contributed by atoms with E-state index in [9.17, 15) is 14.4 Å². The smallest absolute Gasteiger partial charge is 0.306 e. The fourth-order valence-corrected chi connectivity index (χ4v) is 7.23. The average molecular weight is 779 g/mol. The third kappa shape index (κ3) is 43.4. The summed E-state index contributed by atoms with van der Waals surface area (Å²) in [6, 6.07) is 0. The lowest BCUT2D eigenvalue weighted by Crippen LogP contribution is -2.30. The molecule has 0 amide bonds. The summed E-state index contributed by atoms with van der Waals surface area (Å²) in [6.45, 7) is 13.6. The summed E-state index contributed by atoms with van der Waals surface area (Å²) in [5, 5.41) is 0. The molecule has 0 aliphatic carbocycles. The molecule has 6 nitrogen and oxygen atoms in total. The van der Waals surface area contributed by atoms with E-state index in [4.69, 9.17) is 14.2 Å². The van der Waals surface area contributed by atoms with Gasteiger partial charge in [0.1, 0.15) is 13.2 Å². The van der Waals surface area contributed by atoms with Crippen LogP contribution in [0.3, 0.4) is 0 Å². The molecule has 0 spiro atoms. The van der Waals surface area contributed by atoms with Crippen molar-refractivity contribution in [3.8, 4) is 0 Å². The van der Waals surface area contributed by atoms with Gasteiger partial charge in [0, 0.05) is 19.3 Å². The number of hydrogen-bond donors (Lipinski definition) is 0. The first-order valence-corrected chi connectivity index (χ1v) is 24.1. The summed E-state index contributed by atoms with van der Waals surface area (Å²) in [4.78, 5) is 37.8. The van der Waals surface area contributed by atoms with Gasteiger partial charge in [-0.15, -0.1) is 0 Å². The Morgan fingerprint density at radius 2 is 0.527 bits per heavy atom. The molecule has 0 aromatic carbocycles. The Bertz CT molecular complexity index is 852. The van der Waals surface area contributed by atoms with Gasteiger partial charge in [-0.2, -0.15) is 0 Å². The topological polar surface area (TPSA) is 78.9 Å². The summed E-state index contributed by atoms with van der Waals surface area (Å²) in [7, 11) is 0. The van der Waals surface area contributed by atoms with Crippen LogP contribution in [0.2, 0.25) is 0 Å². The Morgan fingerprint density at radius 3 is 0.782 bits per heavy atom. The van der Waals surface area contributed by atoms with E-state index in [0.29, 0.717) is 19.3 Å². The van der Waals surface area contributed by atoms with Crippen molar-refractivity contribution in [3.05, 3.63) is 0 Å². The fraction of sp³-hybridized carbons (Fsp3) is 0.939. The number of carbonyl (C=O) groups is 3. The van der Waals surface area contributed by atoms with Crippen molar-refractivity contribution < 1.29 is 28.6 Å². The minimum absolute atomic E-state index is 0.0659. The Labute approximate surface area is 342 Å². The van der Waals surface area contributed by atoms with Gasteiger partial charge in [-0.25, -0.2) is 0 Å². The largest absolute Gasteiger partial charge is 0.462 e. The average Bonchev–Trinajstić information content (AvgIpc) is 3.13. The summed E-state index contributed by atoms with van der Waals surface area (Å²) >= 11 is 0. The van der Waals surface area contributed by atoms with E-state index in [1.165, 1.54) is 141 Å². The van der Waals surface area contributed by atoms with Crippen molar-refractivity contribution in [2.75, 3.05) is 13.2 Å². The highest BCUT2D eigenvalue weighted by molar-refractivity contribution is 5.71. The highest BCUT2D eigenvalue weighted by Gasteiger charge is 2.19. The number of hydrogen-bond acceptors (Lipinski definition) is 6. The van der Waals surface area contributed by atoms with Crippen LogP contribution in [0.25, 0.3) is 0 Å². The van der Waals surface area contributed by atoms with Crippen LogP contribution in [0.4, 0.5) is 0 Å². The van der Waals surface area contributed by atoms with Gasteiger partial charge in [-0.05, 0) is 37.0 Å². The van der Waals surface area contributed by atoms with E-state index in [2.05, 4.69) is 41.5 Å². The SMILES string of the molecule is CC(C)CCCCCCCCCCCCCCC(=O)OC[C@@H](COC(=O)CCCCCCCCCCC(C)C)OC(=O)CCCCCCCCCCC(C)C. The van der Waals surface area contributed by atoms with Crippen LogP contribution in [0.5, 0.6) is 0 Å². The quantitative estimate of drug-likeness (QED) is 0.0349. The third-order valence-electron chi connectivity index (χ3n) is 10.9. The predicted octanol–water partition coefficient (Wildman–Crippen LogP) is 15.2. The van der Waals surface area contributed by atoms with Crippen LogP contribution in [0.1, 0.15) is 260 Å². The first-order chi connectivity index (χ1) is 26.6. The summed E-state index contributed by atoms with van der Waals surface area (Å²) < 4.78 is 16.7. The fourth-order valence-electron chi connectivity index (χ4n) is 7.23. The van der Waals surface area contributed by atoms with Crippen molar-refractivity contribution in [2.45, 2.75) is 266 Å². The van der Waals surface area contributed by atoms with Gasteiger partial charge >= 0.3 is 17.9 Å². The molecule has 0 aliphatic heterocycles. The van der Waals surface area contributed by atoms with Gasteiger partial charge in [-0.3, -0.25) is 14.4 Å². The summed E-state index contributed by atoms with van der Waals surface area (Å²) in [5.41, 5.74) is 0. The zero-order chi connectivity index (χ0) is 40.6. The molecule has 0 heterocycles. The van der Waals surface area contributed by atoms with Crippen molar-refractivity contribution in [3.63, 3.8) is 0 Å². The van der Waals surface area contributed by atoms with E-state index in [0.717, 1.165) is 75.5 Å². The van der Waals surface area contributed by atoms with E-state index >= 15 is 0 Å². The van der Waals surface area contributed by atoms with E-state index in [1.54, 1.807) is 0 Å². The second kappa shape index (κ2) is 40.6. The highest BCUT2D eigenvalue weighted by atomic mass is 16.6. The Balaban J connectivity index is 4.31. The maximum Gasteiger partial charge on any atom is 0.306 e. The molecule has 0 aliphatic rings. The number of esters is 3. The van der Waals surface area contributed by atoms with Crippen molar-refractivity contribution in [2.24, 2.45) is 17.8 Å². The van der Waals surface area contributed by atoms with Gasteiger partial charge in [0.05, 0.1) is 0 Å². The van der Waals surface area contributed by atoms with Gasteiger partial charge in [-0.1, -0.05) is 221 Å². The first-order valence-electron chi connectivity index (χ1n) is 24.1. The van der Waals surface area contributed by atoms with Crippen LogP contribution in [-0.2, 0) is 28.6 Å². The number of unbranched alkanes of at least 4 members (excludes halogenated alkanes) is 25. The van der Waals surface area contributed by atoms with Crippen molar-refractivity contribution in [1.82, 2.24) is 0 Å². The molecule has 0 aromatic rings. The third-order valence-corrected chi connectivity index (χ3v) is 10.9. The van der Waals surface area contributed by atoms with Gasteiger partial charge in [0.15, 0.2) is 6.10 Å². The van der Waals surface area contributed by atoms with Crippen LogP contribution < -0.4 is 0 Å². The Morgan fingerprint density at radius 1 is 0.309 bits per heavy atom. The summed E-state index contributed by atoms with van der Waals surface area (Å²) in [6.07, 6.45) is 38.1. The first kappa shape index (κ1) is 53.4. The van der Waals surface area contributed by atoms with Gasteiger partial charge in [0.25, 0.3) is 0 Å². The zero-order valence-electron chi connectivity index (χ0n) is 37.7. The number of ether oxygens (including phenoxy) is 3. The van der Waals surface area contributed by atoms with Crippen LogP contribution in [0, 0.1) is 17.8 Å². The lowest BCUT2D eigenvalue weighted by atomic mass is 10.0. The molecular weight excluding hydrogens is 685 g/mol. The Hall–Kier alpha value is -1.59. The lowest BCUT2D eigenvalue weighted by molar-refractivity contribution is -0.167. The Kier molecular flexibility index (Phi) is 39.4. The molecule has 0 unspecified atom stereocenters. The second-order valence-corrected chi connectivity index (χ2v) is 18.2. The minimum atomic E-state index is -0.762. The number of carbonyl (C=O) groups excluding carboxylic acids is 3. The highest BCUT2D eigenvalue weighted by Crippen LogP contribution is 2.17. The molecule has 0 bridgehead atoms. The van der Waals surface area contributed by atoms with E-state index in [1.807, 2.05) is 0 Å². The van der Waals surface area contributed by atoms with Gasteiger partial charge in [0.2, 0.25) is 0 Å². The van der Waals surface area contributed by atoms with Crippen LogP contribution in [0.15, 0.2) is 0 Å². The molecular formula is C49H94O6. The van der Waals surface area contributed by atoms with Crippen molar-refractivity contribution in [1.29, 1.82) is 0 Å². The van der Waals surface area contributed by atoms with Gasteiger partial charge < -0.3 is 14.2 Å². The number of rotatable bonds is 42. The standard InChI is InChI=1S/C49H94O6/c1-43(2)35-29-23-17-11-9-7-8-10-12-20-26-32-38-47(50)53-41-46(55-49(52)40-34-28-22-16-14-19-25-31-37-45(5)6)42-54-48(51)39-33-27-21-15-13-18-24-30-36-44(3)4/h43-46H,7-42H2,1-6H3/t46-/m0/s1.